The van der Waals surface area contributed by atoms with Crippen LogP contribution in [0.3, 0.4) is 0 Å². The first-order chi connectivity index (χ1) is 13.4. The van der Waals surface area contributed by atoms with Crippen LogP contribution < -0.4 is 29.6 Å². The van der Waals surface area contributed by atoms with E-state index in [1.54, 1.807) is 0 Å². The predicted molar refractivity (Wildman–Crippen MR) is 119 cm³/mol. The average molecular weight is 443 g/mol. The third-order valence-corrected chi connectivity index (χ3v) is 7.01. The monoisotopic (exact) mass is 442 g/mol. The van der Waals surface area contributed by atoms with Crippen molar-refractivity contribution >= 4 is 10.1 Å². The van der Waals surface area contributed by atoms with Crippen molar-refractivity contribution in [3.05, 3.63) is 0 Å². The van der Waals surface area contributed by atoms with E-state index in [4.69, 9.17) is 0 Å². The van der Waals surface area contributed by atoms with Gasteiger partial charge in [0, 0.05) is 5.25 Å². The van der Waals surface area contributed by atoms with Gasteiger partial charge in [0.2, 0.25) is 0 Å². The van der Waals surface area contributed by atoms with Crippen LogP contribution in [0.25, 0.3) is 0 Å². The molecule has 0 aromatic carbocycles. The summed E-state index contributed by atoms with van der Waals surface area (Å²) in [5, 5.41) is 9.35. The van der Waals surface area contributed by atoms with Crippen molar-refractivity contribution < 1.29 is 47.6 Å². The molecule has 0 aliphatic carbocycles. The van der Waals surface area contributed by atoms with Gasteiger partial charge in [-0.2, -0.15) is 0 Å². The number of aliphatic hydroxyl groups excluding tert-OH is 1. The van der Waals surface area contributed by atoms with Crippen LogP contribution in [0.1, 0.15) is 136 Å². The van der Waals surface area contributed by atoms with Crippen LogP contribution >= 0.6 is 0 Å². The summed E-state index contributed by atoms with van der Waals surface area (Å²) >= 11 is 0. The summed E-state index contributed by atoms with van der Waals surface area (Å²) < 4.78 is 33.5. The van der Waals surface area contributed by atoms with Crippen molar-refractivity contribution in [2.45, 2.75) is 147 Å². The third kappa shape index (κ3) is 21.9. The van der Waals surface area contributed by atoms with Crippen molar-refractivity contribution in [3.63, 3.8) is 0 Å². The summed E-state index contributed by atoms with van der Waals surface area (Å²) in [6, 6.07) is 0. The first kappa shape index (κ1) is 32.1. The molecule has 0 aromatic heterocycles. The van der Waals surface area contributed by atoms with E-state index < -0.39 is 15.4 Å². The van der Waals surface area contributed by atoms with E-state index in [0.29, 0.717) is 12.8 Å². The Labute approximate surface area is 204 Å². The molecule has 29 heavy (non-hydrogen) atoms. The molecule has 1 N–H and O–H groups in total. The molecular weight excluding hydrogens is 395 g/mol. The van der Waals surface area contributed by atoms with Crippen molar-refractivity contribution in [1.29, 1.82) is 0 Å². The van der Waals surface area contributed by atoms with Crippen LogP contribution in [0.2, 0.25) is 0 Å². The zero-order valence-corrected chi connectivity index (χ0v) is 22.5. The zero-order chi connectivity index (χ0) is 21.1. The molecule has 0 spiro atoms. The Bertz CT molecular complexity index is 429. The Morgan fingerprint density at radius 3 is 1.41 bits per heavy atom. The molecule has 170 valence electrons. The Morgan fingerprint density at radius 2 is 1.00 bits per heavy atom. The molecular formula is C23H47NaO4S. The van der Waals surface area contributed by atoms with Crippen molar-refractivity contribution in [2.24, 2.45) is 0 Å². The number of unbranched alkanes of at least 4 members (excludes halogenated alkanes) is 12. The maximum atomic E-state index is 11.2. The molecule has 0 amide bonds. The molecule has 2 unspecified atom stereocenters. The minimum atomic E-state index is -4.16. The van der Waals surface area contributed by atoms with Crippen LogP contribution in [0, 0.1) is 0 Å². The fourth-order valence-corrected chi connectivity index (χ4v) is 4.85. The van der Waals surface area contributed by atoms with Gasteiger partial charge in [-0.25, -0.2) is 8.42 Å². The second-order valence-electron chi connectivity index (χ2n) is 8.52. The van der Waals surface area contributed by atoms with Gasteiger partial charge in [-0.3, -0.25) is 0 Å². The second kappa shape index (κ2) is 22.1. The smallest absolute Gasteiger partial charge is 0.748 e. The number of hydrogen-bond acceptors (Lipinski definition) is 4. The second-order valence-corrected chi connectivity index (χ2v) is 10.2. The Hall–Kier alpha value is 0.870. The summed E-state index contributed by atoms with van der Waals surface area (Å²) in [5.41, 5.74) is 0. The first-order valence-electron chi connectivity index (χ1n) is 12.0. The van der Waals surface area contributed by atoms with Gasteiger partial charge in [0.05, 0.1) is 16.2 Å². The molecule has 6 heteroatoms. The van der Waals surface area contributed by atoms with Crippen molar-refractivity contribution in [2.75, 3.05) is 0 Å². The molecule has 0 aliphatic heterocycles. The van der Waals surface area contributed by atoms with E-state index in [2.05, 4.69) is 6.92 Å². The topological polar surface area (TPSA) is 77.4 Å². The molecule has 0 heterocycles. The van der Waals surface area contributed by atoms with E-state index in [-0.39, 0.29) is 35.7 Å². The Balaban J connectivity index is 0. The minimum absolute atomic E-state index is 0. The number of rotatable bonds is 21. The average Bonchev–Trinajstić information content (AvgIpc) is 2.64. The first-order valence-corrected chi connectivity index (χ1v) is 13.5. The van der Waals surface area contributed by atoms with Gasteiger partial charge in [0.1, 0.15) is 0 Å². The summed E-state index contributed by atoms with van der Waals surface area (Å²) in [6.45, 7) is 4.16. The molecule has 0 fully saturated rings. The molecule has 0 aromatic rings. The van der Waals surface area contributed by atoms with E-state index in [9.17, 15) is 18.1 Å². The van der Waals surface area contributed by atoms with Crippen molar-refractivity contribution in [3.8, 4) is 0 Å². The number of aliphatic hydroxyl groups is 1. The van der Waals surface area contributed by atoms with Gasteiger partial charge in [-0.15, -0.1) is 0 Å². The normalized spacial score (nSPS) is 13.8. The van der Waals surface area contributed by atoms with Crippen LogP contribution in [0.15, 0.2) is 0 Å². The molecule has 0 rings (SSSR count). The van der Waals surface area contributed by atoms with Crippen LogP contribution in [-0.4, -0.2) is 29.4 Å². The summed E-state index contributed by atoms with van der Waals surface area (Å²) in [4.78, 5) is 0. The van der Waals surface area contributed by atoms with Gasteiger partial charge < -0.3 is 9.66 Å². The van der Waals surface area contributed by atoms with Crippen LogP contribution in [-0.2, 0) is 10.1 Å². The molecule has 4 nitrogen and oxygen atoms in total. The Morgan fingerprint density at radius 1 is 0.621 bits per heavy atom. The third-order valence-electron chi connectivity index (χ3n) is 5.72. The van der Waals surface area contributed by atoms with Crippen molar-refractivity contribution in [1.82, 2.24) is 0 Å². The predicted octanol–water partition coefficient (Wildman–Crippen LogP) is 3.72. The fourth-order valence-electron chi connectivity index (χ4n) is 3.87. The number of hydrogen-bond donors (Lipinski definition) is 1. The van der Waals surface area contributed by atoms with E-state index in [1.807, 2.05) is 6.92 Å². The van der Waals surface area contributed by atoms with E-state index in [0.717, 1.165) is 44.9 Å². The summed E-state index contributed by atoms with van der Waals surface area (Å²) in [7, 11) is -4.16. The zero-order valence-electron chi connectivity index (χ0n) is 19.7. The van der Waals surface area contributed by atoms with E-state index >= 15 is 0 Å². The van der Waals surface area contributed by atoms with Gasteiger partial charge in [0.15, 0.2) is 0 Å². The quantitative estimate of drug-likeness (QED) is 0.167. The largest absolute Gasteiger partial charge is 1.00 e. The maximum absolute atomic E-state index is 11.2. The van der Waals surface area contributed by atoms with Gasteiger partial charge in [-0.05, 0) is 25.7 Å². The maximum Gasteiger partial charge on any atom is 1.00 e. The standard InChI is InChI=1S/C23H48O4S.Na/c1-3-5-6-7-8-9-10-11-12-13-15-19-22(24)20-16-14-17-21-23(18-4-2)28(25,26)27;/h22-24H,3-21H2,1-2H3,(H,25,26,27);/q;+1/p-1. The molecule has 0 radical (unpaired) electrons. The molecule has 0 aliphatic rings. The molecule has 0 bridgehead atoms. The van der Waals surface area contributed by atoms with Gasteiger partial charge in [0.25, 0.3) is 0 Å². The minimum Gasteiger partial charge on any atom is -0.748 e. The summed E-state index contributed by atoms with van der Waals surface area (Å²) in [5.74, 6) is 0. The fraction of sp³-hybridized carbons (Fsp3) is 1.00. The molecule has 0 saturated carbocycles. The van der Waals surface area contributed by atoms with Crippen LogP contribution in [0.4, 0.5) is 0 Å². The van der Waals surface area contributed by atoms with Gasteiger partial charge >= 0.3 is 29.6 Å². The SMILES string of the molecule is CCCCCCCCCCCCCC(O)CCCCCC(CCC)S(=O)(=O)[O-].[Na+]. The molecule has 0 saturated heterocycles. The summed E-state index contributed by atoms with van der Waals surface area (Å²) in [6.07, 6.45) is 20.2. The van der Waals surface area contributed by atoms with Crippen LogP contribution in [0.5, 0.6) is 0 Å². The Kier molecular flexibility index (Phi) is 24.4. The van der Waals surface area contributed by atoms with E-state index in [1.165, 1.54) is 64.2 Å². The molecule has 2 atom stereocenters. The van der Waals surface area contributed by atoms with Gasteiger partial charge in [-0.1, -0.05) is 110 Å².